The number of benzene rings is 2. The Labute approximate surface area is 177 Å². The first kappa shape index (κ1) is 23.1. The quantitative estimate of drug-likeness (QED) is 0.568. The van der Waals surface area contributed by atoms with Crippen molar-refractivity contribution in [3.05, 3.63) is 47.0 Å². The summed E-state index contributed by atoms with van der Waals surface area (Å²) in [5.41, 5.74) is 2.24. The SMILES string of the molecule is COc1ccc(OC)c(CCC(=O)c2cc(OC)c(OC)cc2CCNC(C)=O)c1. The Morgan fingerprint density at radius 1 is 0.800 bits per heavy atom. The summed E-state index contributed by atoms with van der Waals surface area (Å²) in [5.74, 6) is 2.30. The van der Waals surface area contributed by atoms with E-state index in [1.54, 1.807) is 33.5 Å². The zero-order valence-corrected chi connectivity index (χ0v) is 18.2. The van der Waals surface area contributed by atoms with Gasteiger partial charge in [0.1, 0.15) is 11.5 Å². The number of rotatable bonds is 11. The van der Waals surface area contributed by atoms with Crippen LogP contribution in [0.5, 0.6) is 23.0 Å². The fourth-order valence-electron chi connectivity index (χ4n) is 3.22. The Bertz CT molecular complexity index is 894. The van der Waals surface area contributed by atoms with Crippen molar-refractivity contribution < 1.29 is 28.5 Å². The van der Waals surface area contributed by atoms with Crippen LogP contribution in [-0.4, -0.2) is 46.7 Å². The molecule has 162 valence electrons. The van der Waals surface area contributed by atoms with E-state index in [1.807, 2.05) is 18.2 Å². The molecule has 1 N–H and O–H groups in total. The monoisotopic (exact) mass is 415 g/mol. The van der Waals surface area contributed by atoms with Gasteiger partial charge in [0.05, 0.1) is 28.4 Å². The molecule has 0 saturated heterocycles. The van der Waals surface area contributed by atoms with E-state index in [0.29, 0.717) is 47.9 Å². The lowest BCUT2D eigenvalue weighted by molar-refractivity contribution is -0.118. The van der Waals surface area contributed by atoms with Gasteiger partial charge in [0.15, 0.2) is 17.3 Å². The molecule has 0 unspecified atom stereocenters. The van der Waals surface area contributed by atoms with Gasteiger partial charge in [-0.05, 0) is 54.3 Å². The van der Waals surface area contributed by atoms with E-state index in [1.165, 1.54) is 14.0 Å². The number of Topliss-reactive ketones (excluding diaryl/α,β-unsaturated/α-hetero) is 1. The van der Waals surface area contributed by atoms with Crippen molar-refractivity contribution in [3.8, 4) is 23.0 Å². The van der Waals surface area contributed by atoms with Crippen molar-refractivity contribution in [2.75, 3.05) is 35.0 Å². The first-order valence-corrected chi connectivity index (χ1v) is 9.66. The van der Waals surface area contributed by atoms with Crippen LogP contribution in [-0.2, 0) is 17.6 Å². The van der Waals surface area contributed by atoms with Crippen LogP contribution in [0, 0.1) is 0 Å². The predicted molar refractivity (Wildman–Crippen MR) is 114 cm³/mol. The van der Waals surface area contributed by atoms with Crippen molar-refractivity contribution in [2.24, 2.45) is 0 Å². The standard InChI is InChI=1S/C23H29NO6/c1-15(25)24-11-10-16-13-22(29-4)23(30-5)14-19(16)20(26)8-6-17-12-18(27-2)7-9-21(17)28-3/h7,9,12-14H,6,8,10-11H2,1-5H3,(H,24,25). The van der Waals surface area contributed by atoms with E-state index in [-0.39, 0.29) is 18.1 Å². The molecular weight excluding hydrogens is 386 g/mol. The molecule has 0 fully saturated rings. The number of amides is 1. The van der Waals surface area contributed by atoms with E-state index in [2.05, 4.69) is 5.32 Å². The largest absolute Gasteiger partial charge is 0.497 e. The highest BCUT2D eigenvalue weighted by Gasteiger charge is 2.18. The van der Waals surface area contributed by atoms with Crippen molar-refractivity contribution in [2.45, 2.75) is 26.2 Å². The van der Waals surface area contributed by atoms with E-state index >= 15 is 0 Å². The summed E-state index contributed by atoms with van der Waals surface area (Å²) in [4.78, 5) is 24.3. The van der Waals surface area contributed by atoms with Gasteiger partial charge in [-0.25, -0.2) is 0 Å². The van der Waals surface area contributed by atoms with Crippen molar-refractivity contribution >= 4 is 11.7 Å². The molecule has 0 bridgehead atoms. The summed E-state index contributed by atoms with van der Waals surface area (Å²) in [6.07, 6.45) is 1.29. The molecule has 7 heteroatoms. The molecule has 7 nitrogen and oxygen atoms in total. The summed E-state index contributed by atoms with van der Waals surface area (Å²) in [6.45, 7) is 1.89. The molecule has 2 aromatic carbocycles. The smallest absolute Gasteiger partial charge is 0.216 e. The maximum absolute atomic E-state index is 13.1. The molecule has 0 heterocycles. The van der Waals surface area contributed by atoms with Gasteiger partial charge < -0.3 is 24.3 Å². The third kappa shape index (κ3) is 5.89. The van der Waals surface area contributed by atoms with Crippen LogP contribution in [0.1, 0.15) is 34.8 Å². The molecule has 30 heavy (non-hydrogen) atoms. The molecule has 2 aromatic rings. The summed E-state index contributed by atoms with van der Waals surface area (Å²) in [6, 6.07) is 9.01. The maximum Gasteiger partial charge on any atom is 0.216 e. The molecule has 1 amide bonds. The molecule has 0 aliphatic heterocycles. The van der Waals surface area contributed by atoms with Gasteiger partial charge in [0, 0.05) is 25.5 Å². The highest BCUT2D eigenvalue weighted by Crippen LogP contribution is 2.32. The second-order valence-corrected chi connectivity index (χ2v) is 6.70. The number of hydrogen-bond acceptors (Lipinski definition) is 6. The van der Waals surface area contributed by atoms with Crippen molar-refractivity contribution in [1.82, 2.24) is 5.32 Å². The highest BCUT2D eigenvalue weighted by atomic mass is 16.5. The first-order chi connectivity index (χ1) is 14.4. The Balaban J connectivity index is 2.27. The first-order valence-electron chi connectivity index (χ1n) is 9.66. The van der Waals surface area contributed by atoms with Crippen LogP contribution >= 0.6 is 0 Å². The molecule has 0 radical (unpaired) electrons. The minimum atomic E-state index is -0.117. The van der Waals surface area contributed by atoms with E-state index in [9.17, 15) is 9.59 Å². The lowest BCUT2D eigenvalue weighted by Crippen LogP contribution is -2.23. The fraction of sp³-hybridized carbons (Fsp3) is 0.391. The third-order valence-electron chi connectivity index (χ3n) is 4.79. The van der Waals surface area contributed by atoms with E-state index < -0.39 is 0 Å². The van der Waals surface area contributed by atoms with Crippen molar-refractivity contribution in [3.63, 3.8) is 0 Å². The minimum absolute atomic E-state index is 0.0290. The second kappa shape index (κ2) is 11.1. The van der Waals surface area contributed by atoms with Gasteiger partial charge >= 0.3 is 0 Å². The number of carbonyl (C=O) groups is 2. The average Bonchev–Trinajstić information content (AvgIpc) is 2.76. The van der Waals surface area contributed by atoms with Gasteiger partial charge in [-0.2, -0.15) is 0 Å². The number of carbonyl (C=O) groups excluding carboxylic acids is 2. The zero-order chi connectivity index (χ0) is 22.1. The topological polar surface area (TPSA) is 83.1 Å². The minimum Gasteiger partial charge on any atom is -0.497 e. The zero-order valence-electron chi connectivity index (χ0n) is 18.2. The van der Waals surface area contributed by atoms with Crippen LogP contribution in [0.15, 0.2) is 30.3 Å². The Morgan fingerprint density at radius 2 is 1.47 bits per heavy atom. The molecular formula is C23H29NO6. The van der Waals surface area contributed by atoms with Crippen LogP contribution in [0.25, 0.3) is 0 Å². The van der Waals surface area contributed by atoms with Gasteiger partial charge in [-0.1, -0.05) is 0 Å². The second-order valence-electron chi connectivity index (χ2n) is 6.70. The van der Waals surface area contributed by atoms with Crippen LogP contribution in [0.2, 0.25) is 0 Å². The van der Waals surface area contributed by atoms with Gasteiger partial charge in [0.25, 0.3) is 0 Å². The highest BCUT2D eigenvalue weighted by molar-refractivity contribution is 5.98. The van der Waals surface area contributed by atoms with Crippen LogP contribution < -0.4 is 24.3 Å². The lowest BCUT2D eigenvalue weighted by Gasteiger charge is -2.15. The number of nitrogens with one attached hydrogen (secondary N) is 1. The molecule has 0 aromatic heterocycles. The average molecular weight is 415 g/mol. The molecule has 0 aliphatic carbocycles. The van der Waals surface area contributed by atoms with Gasteiger partial charge in [0.2, 0.25) is 5.91 Å². The molecule has 0 saturated carbocycles. The number of ketones is 1. The third-order valence-corrected chi connectivity index (χ3v) is 4.79. The lowest BCUT2D eigenvalue weighted by atomic mass is 9.95. The number of hydrogen-bond donors (Lipinski definition) is 1. The van der Waals surface area contributed by atoms with Gasteiger partial charge in [-0.15, -0.1) is 0 Å². The summed E-state index contributed by atoms with van der Waals surface area (Å²) >= 11 is 0. The molecule has 0 spiro atoms. The van der Waals surface area contributed by atoms with Gasteiger partial charge in [-0.3, -0.25) is 9.59 Å². The fourth-order valence-corrected chi connectivity index (χ4v) is 3.22. The predicted octanol–water partition coefficient (Wildman–Crippen LogP) is 3.22. The maximum atomic E-state index is 13.1. The number of aryl methyl sites for hydroxylation is 1. The summed E-state index contributed by atoms with van der Waals surface area (Å²) in [5, 5.41) is 2.76. The van der Waals surface area contributed by atoms with E-state index in [0.717, 1.165) is 11.1 Å². The van der Waals surface area contributed by atoms with Crippen LogP contribution in [0.4, 0.5) is 0 Å². The van der Waals surface area contributed by atoms with Crippen molar-refractivity contribution in [1.29, 1.82) is 0 Å². The normalized spacial score (nSPS) is 10.3. The van der Waals surface area contributed by atoms with Crippen LogP contribution in [0.3, 0.4) is 0 Å². The molecule has 0 atom stereocenters. The molecule has 2 rings (SSSR count). The summed E-state index contributed by atoms with van der Waals surface area (Å²) in [7, 11) is 6.28. The Morgan fingerprint density at radius 3 is 2.07 bits per heavy atom. The Hall–Kier alpha value is -3.22. The number of ether oxygens (including phenoxy) is 4. The molecule has 0 aliphatic rings. The Kier molecular flexibility index (Phi) is 8.53. The van der Waals surface area contributed by atoms with E-state index in [4.69, 9.17) is 18.9 Å². The number of methoxy groups -OCH3 is 4. The summed E-state index contributed by atoms with van der Waals surface area (Å²) < 4.78 is 21.4.